The summed E-state index contributed by atoms with van der Waals surface area (Å²) in [6, 6.07) is 8.38. The lowest BCUT2D eigenvalue weighted by molar-refractivity contribution is 0.392. The third-order valence-electron chi connectivity index (χ3n) is 4.33. The van der Waals surface area contributed by atoms with Crippen LogP contribution in [-0.4, -0.2) is 6.54 Å². The molecular weight excluding hydrogens is 274 g/mol. The molecule has 0 amide bonds. The van der Waals surface area contributed by atoms with Gasteiger partial charge in [0.05, 0.1) is 5.02 Å². The van der Waals surface area contributed by atoms with Crippen LogP contribution in [0.3, 0.4) is 0 Å². The van der Waals surface area contributed by atoms with Gasteiger partial charge in [-0.1, -0.05) is 49.6 Å². The highest BCUT2D eigenvalue weighted by Crippen LogP contribution is 2.35. The van der Waals surface area contributed by atoms with Crippen molar-refractivity contribution in [2.75, 3.05) is 6.54 Å². The van der Waals surface area contributed by atoms with Crippen molar-refractivity contribution in [2.45, 2.75) is 32.7 Å². The number of fused-ring (bicyclic) bond motifs is 1. The van der Waals surface area contributed by atoms with Gasteiger partial charge in [-0.15, -0.1) is 11.3 Å². The van der Waals surface area contributed by atoms with Gasteiger partial charge in [0.15, 0.2) is 0 Å². The van der Waals surface area contributed by atoms with Gasteiger partial charge in [0.1, 0.15) is 0 Å². The van der Waals surface area contributed by atoms with Crippen LogP contribution in [0, 0.1) is 11.8 Å². The second kappa shape index (κ2) is 5.82. The Kier molecular flexibility index (Phi) is 4.11. The maximum absolute atomic E-state index is 6.45. The van der Waals surface area contributed by atoms with Gasteiger partial charge >= 0.3 is 0 Å². The second-order valence-electron chi connectivity index (χ2n) is 5.63. The first kappa shape index (κ1) is 13.4. The maximum Gasteiger partial charge on any atom is 0.0636 e. The Morgan fingerprint density at radius 3 is 2.89 bits per heavy atom. The van der Waals surface area contributed by atoms with E-state index in [0.717, 1.165) is 29.9 Å². The lowest BCUT2D eigenvalue weighted by Gasteiger charge is -2.15. The van der Waals surface area contributed by atoms with E-state index in [0.29, 0.717) is 0 Å². The minimum Gasteiger partial charge on any atom is -0.312 e. The van der Waals surface area contributed by atoms with E-state index in [1.165, 1.54) is 34.2 Å². The van der Waals surface area contributed by atoms with Gasteiger partial charge in [-0.3, -0.25) is 0 Å². The first-order valence-corrected chi connectivity index (χ1v) is 8.32. The van der Waals surface area contributed by atoms with E-state index in [1.54, 1.807) is 0 Å². The molecule has 1 nitrogen and oxygen atoms in total. The zero-order valence-electron chi connectivity index (χ0n) is 11.3. The summed E-state index contributed by atoms with van der Waals surface area (Å²) >= 11 is 8.26. The van der Waals surface area contributed by atoms with Crippen LogP contribution in [0.4, 0.5) is 0 Å². The monoisotopic (exact) mass is 293 g/mol. The van der Waals surface area contributed by atoms with E-state index in [9.17, 15) is 0 Å². The van der Waals surface area contributed by atoms with Crippen molar-refractivity contribution in [2.24, 2.45) is 11.8 Å². The summed E-state index contributed by atoms with van der Waals surface area (Å²) in [4.78, 5) is 1.27. The fourth-order valence-corrected chi connectivity index (χ4v) is 4.54. The molecule has 102 valence electrons. The minimum absolute atomic E-state index is 0.855. The van der Waals surface area contributed by atoms with Gasteiger partial charge in [-0.2, -0.15) is 0 Å². The molecule has 1 heterocycles. The average Bonchev–Trinajstić information content (AvgIpc) is 2.96. The minimum atomic E-state index is 0.855. The van der Waals surface area contributed by atoms with Crippen molar-refractivity contribution < 1.29 is 0 Å². The van der Waals surface area contributed by atoms with Crippen molar-refractivity contribution in [3.05, 3.63) is 34.2 Å². The lowest BCUT2D eigenvalue weighted by Crippen LogP contribution is -2.23. The molecule has 1 aromatic carbocycles. The summed E-state index contributed by atoms with van der Waals surface area (Å²) < 4.78 is 1.29. The summed E-state index contributed by atoms with van der Waals surface area (Å²) in [5, 5.41) is 5.73. The number of rotatable bonds is 4. The normalized spacial score (nSPS) is 23.3. The standard InChI is InChI=1S/C16H20ClNS/c1-11-5-4-6-12(11)9-18-10-15-16(17)13-7-2-3-8-14(13)19-15/h2-3,7-8,11-12,18H,4-6,9-10H2,1H3. The fourth-order valence-electron chi connectivity index (χ4n) is 3.07. The predicted octanol–water partition coefficient (Wildman–Crippen LogP) is 5.08. The molecule has 0 saturated heterocycles. The fraction of sp³-hybridized carbons (Fsp3) is 0.500. The average molecular weight is 294 g/mol. The van der Waals surface area contributed by atoms with E-state index >= 15 is 0 Å². The maximum atomic E-state index is 6.45. The number of halogens is 1. The molecule has 2 aromatic rings. The largest absolute Gasteiger partial charge is 0.312 e. The Bertz CT molecular complexity index is 563. The van der Waals surface area contributed by atoms with Crippen LogP contribution < -0.4 is 5.32 Å². The summed E-state index contributed by atoms with van der Waals surface area (Å²) in [7, 11) is 0. The van der Waals surface area contributed by atoms with Gasteiger partial charge in [-0.05, 0) is 30.9 Å². The molecule has 1 fully saturated rings. The number of nitrogens with one attached hydrogen (secondary N) is 1. The molecule has 1 saturated carbocycles. The van der Waals surface area contributed by atoms with Crippen LogP contribution in [0.25, 0.3) is 10.1 Å². The van der Waals surface area contributed by atoms with Gasteiger partial charge < -0.3 is 5.32 Å². The van der Waals surface area contributed by atoms with Crippen molar-refractivity contribution in [3.8, 4) is 0 Å². The van der Waals surface area contributed by atoms with Crippen LogP contribution >= 0.6 is 22.9 Å². The van der Waals surface area contributed by atoms with Crippen LogP contribution in [0.1, 0.15) is 31.1 Å². The summed E-state index contributed by atoms with van der Waals surface area (Å²) in [6.45, 7) is 4.42. The molecular formula is C16H20ClNS. The predicted molar refractivity (Wildman–Crippen MR) is 85.0 cm³/mol. The SMILES string of the molecule is CC1CCCC1CNCc1sc2ccccc2c1Cl. The summed E-state index contributed by atoms with van der Waals surface area (Å²) in [6.07, 6.45) is 4.18. The van der Waals surface area contributed by atoms with E-state index in [-0.39, 0.29) is 0 Å². The van der Waals surface area contributed by atoms with Gasteiger partial charge in [0.2, 0.25) is 0 Å². The molecule has 19 heavy (non-hydrogen) atoms. The number of benzene rings is 1. The Hall–Kier alpha value is -0.570. The Morgan fingerprint density at radius 1 is 1.32 bits per heavy atom. The zero-order chi connectivity index (χ0) is 13.2. The molecule has 1 aliphatic rings. The van der Waals surface area contributed by atoms with E-state index in [1.807, 2.05) is 11.3 Å². The summed E-state index contributed by atoms with van der Waals surface area (Å²) in [5.74, 6) is 1.73. The molecule has 1 N–H and O–H groups in total. The van der Waals surface area contributed by atoms with Crippen LogP contribution in [0.5, 0.6) is 0 Å². The zero-order valence-corrected chi connectivity index (χ0v) is 12.9. The van der Waals surface area contributed by atoms with Crippen molar-refractivity contribution in [1.29, 1.82) is 0 Å². The van der Waals surface area contributed by atoms with Crippen LogP contribution in [0.15, 0.2) is 24.3 Å². The molecule has 2 atom stereocenters. The first-order chi connectivity index (χ1) is 9.25. The van der Waals surface area contributed by atoms with Crippen molar-refractivity contribution in [1.82, 2.24) is 5.32 Å². The molecule has 1 aromatic heterocycles. The van der Waals surface area contributed by atoms with Gasteiger partial charge in [0, 0.05) is 21.5 Å². The summed E-state index contributed by atoms with van der Waals surface area (Å²) in [5.41, 5.74) is 0. The molecule has 0 aliphatic heterocycles. The number of hydrogen-bond acceptors (Lipinski definition) is 2. The highest BCUT2D eigenvalue weighted by molar-refractivity contribution is 7.19. The van der Waals surface area contributed by atoms with Crippen LogP contribution in [0.2, 0.25) is 5.02 Å². The van der Waals surface area contributed by atoms with Crippen molar-refractivity contribution >= 4 is 33.0 Å². The molecule has 0 bridgehead atoms. The quantitative estimate of drug-likeness (QED) is 0.829. The van der Waals surface area contributed by atoms with Crippen LogP contribution in [-0.2, 0) is 6.54 Å². The van der Waals surface area contributed by atoms with E-state index < -0.39 is 0 Å². The van der Waals surface area contributed by atoms with E-state index in [2.05, 4.69) is 36.5 Å². The molecule has 3 rings (SSSR count). The van der Waals surface area contributed by atoms with Gasteiger partial charge in [0.25, 0.3) is 0 Å². The van der Waals surface area contributed by atoms with Gasteiger partial charge in [-0.25, -0.2) is 0 Å². The van der Waals surface area contributed by atoms with Crippen molar-refractivity contribution in [3.63, 3.8) is 0 Å². The Labute approximate surface area is 124 Å². The highest BCUT2D eigenvalue weighted by Gasteiger charge is 2.22. The second-order valence-corrected chi connectivity index (χ2v) is 7.15. The Balaban J connectivity index is 1.63. The first-order valence-electron chi connectivity index (χ1n) is 7.12. The Morgan fingerprint density at radius 2 is 2.16 bits per heavy atom. The highest BCUT2D eigenvalue weighted by atomic mass is 35.5. The molecule has 0 radical (unpaired) electrons. The third kappa shape index (κ3) is 2.81. The third-order valence-corrected chi connectivity index (χ3v) is 6.05. The van der Waals surface area contributed by atoms with E-state index in [4.69, 9.17) is 11.6 Å². The number of hydrogen-bond donors (Lipinski definition) is 1. The lowest BCUT2D eigenvalue weighted by atomic mass is 9.98. The molecule has 3 heteroatoms. The smallest absolute Gasteiger partial charge is 0.0636 e. The topological polar surface area (TPSA) is 12.0 Å². The molecule has 2 unspecified atom stereocenters. The molecule has 1 aliphatic carbocycles. The number of thiophene rings is 1. The molecule has 0 spiro atoms.